The fourth-order valence-corrected chi connectivity index (χ4v) is 3.12. The first-order chi connectivity index (χ1) is 11.0. The fraction of sp³-hybridized carbons (Fsp3) is 0.647. The summed E-state index contributed by atoms with van der Waals surface area (Å²) in [5.41, 5.74) is 0.490. The van der Waals surface area contributed by atoms with Gasteiger partial charge in [0, 0.05) is 37.4 Å². The largest absolute Gasteiger partial charge is 0.389 e. The van der Waals surface area contributed by atoms with Crippen molar-refractivity contribution in [3.05, 3.63) is 35.4 Å². The average molecular weight is 328 g/mol. The molecule has 1 heterocycles. The number of nitrogens with zero attached hydrogens (tertiary/aromatic N) is 1. The van der Waals surface area contributed by atoms with Gasteiger partial charge >= 0.3 is 0 Å². The van der Waals surface area contributed by atoms with Crippen LogP contribution in [0.5, 0.6) is 0 Å². The Morgan fingerprint density at radius 3 is 2.65 bits per heavy atom. The fourth-order valence-electron chi connectivity index (χ4n) is 3.12. The molecule has 2 unspecified atom stereocenters. The van der Waals surface area contributed by atoms with Crippen LogP contribution in [0.15, 0.2) is 18.2 Å². The molecule has 2 N–H and O–H groups in total. The van der Waals surface area contributed by atoms with Crippen molar-refractivity contribution in [3.63, 3.8) is 0 Å². The highest BCUT2D eigenvalue weighted by Gasteiger charge is 2.23. The van der Waals surface area contributed by atoms with Crippen LogP contribution in [0.4, 0.5) is 8.78 Å². The standard InChI is InChI=1S/C17H26F2N2O2/c1-12(16-4-3-13(18)9-17(16)19)20-14-5-7-21(8-6-14)10-15(22)11-23-2/h3-4,9,12,14-15,20,22H,5-8,10-11H2,1-2H3. The van der Waals surface area contributed by atoms with Crippen LogP contribution in [-0.2, 0) is 4.74 Å². The Kier molecular flexibility index (Phi) is 6.89. The van der Waals surface area contributed by atoms with Gasteiger partial charge in [0.2, 0.25) is 0 Å². The lowest BCUT2D eigenvalue weighted by Crippen LogP contribution is -2.46. The molecule has 130 valence electrons. The quantitative estimate of drug-likeness (QED) is 0.804. The maximum atomic E-state index is 13.8. The van der Waals surface area contributed by atoms with Crippen molar-refractivity contribution in [3.8, 4) is 0 Å². The molecule has 2 rings (SSSR count). The van der Waals surface area contributed by atoms with Crippen molar-refractivity contribution in [1.82, 2.24) is 10.2 Å². The number of aliphatic hydroxyl groups is 1. The lowest BCUT2D eigenvalue weighted by Gasteiger charge is -2.34. The van der Waals surface area contributed by atoms with Crippen LogP contribution in [0.25, 0.3) is 0 Å². The van der Waals surface area contributed by atoms with Gasteiger partial charge in [0.25, 0.3) is 0 Å². The molecule has 0 spiro atoms. The zero-order valence-corrected chi connectivity index (χ0v) is 13.8. The van der Waals surface area contributed by atoms with Crippen molar-refractivity contribution >= 4 is 0 Å². The van der Waals surface area contributed by atoms with Crippen LogP contribution < -0.4 is 5.32 Å². The van der Waals surface area contributed by atoms with Gasteiger partial charge in [-0.1, -0.05) is 6.07 Å². The molecule has 0 radical (unpaired) electrons. The van der Waals surface area contributed by atoms with Gasteiger partial charge in [0.1, 0.15) is 11.6 Å². The van der Waals surface area contributed by atoms with E-state index < -0.39 is 17.7 Å². The van der Waals surface area contributed by atoms with Crippen molar-refractivity contribution in [1.29, 1.82) is 0 Å². The van der Waals surface area contributed by atoms with E-state index >= 15 is 0 Å². The SMILES string of the molecule is COCC(O)CN1CCC(NC(C)c2ccc(F)cc2F)CC1. The second kappa shape index (κ2) is 8.68. The number of halogens is 2. The number of aliphatic hydroxyl groups excluding tert-OH is 1. The number of benzene rings is 1. The third kappa shape index (κ3) is 5.49. The monoisotopic (exact) mass is 328 g/mol. The second-order valence-electron chi connectivity index (χ2n) is 6.24. The Balaban J connectivity index is 1.79. The van der Waals surface area contributed by atoms with Crippen LogP contribution in [-0.4, -0.2) is 55.5 Å². The van der Waals surface area contributed by atoms with Crippen LogP contribution in [0.2, 0.25) is 0 Å². The van der Waals surface area contributed by atoms with Gasteiger partial charge in [-0.15, -0.1) is 0 Å². The third-order valence-corrected chi connectivity index (χ3v) is 4.33. The summed E-state index contributed by atoms with van der Waals surface area (Å²) in [4.78, 5) is 2.21. The highest BCUT2D eigenvalue weighted by atomic mass is 19.1. The normalized spacial score (nSPS) is 19.7. The van der Waals surface area contributed by atoms with Gasteiger partial charge in [-0.3, -0.25) is 0 Å². The summed E-state index contributed by atoms with van der Waals surface area (Å²) < 4.78 is 31.7. The van der Waals surface area contributed by atoms with Gasteiger partial charge in [-0.2, -0.15) is 0 Å². The molecule has 0 saturated carbocycles. The smallest absolute Gasteiger partial charge is 0.130 e. The molecular weight excluding hydrogens is 302 g/mol. The summed E-state index contributed by atoms with van der Waals surface area (Å²) in [6.45, 7) is 4.63. The number of methoxy groups -OCH3 is 1. The maximum absolute atomic E-state index is 13.8. The van der Waals surface area contributed by atoms with E-state index in [4.69, 9.17) is 4.74 Å². The summed E-state index contributed by atoms with van der Waals surface area (Å²) >= 11 is 0. The zero-order chi connectivity index (χ0) is 16.8. The molecule has 1 aliphatic rings. The summed E-state index contributed by atoms with van der Waals surface area (Å²) in [6, 6.07) is 3.85. The minimum Gasteiger partial charge on any atom is -0.389 e. The lowest BCUT2D eigenvalue weighted by atomic mass is 10.0. The van der Waals surface area contributed by atoms with Gasteiger partial charge in [0.15, 0.2) is 0 Å². The van der Waals surface area contributed by atoms with Crippen molar-refractivity contribution < 1.29 is 18.6 Å². The van der Waals surface area contributed by atoms with Gasteiger partial charge < -0.3 is 20.1 Å². The number of hydrogen-bond acceptors (Lipinski definition) is 4. The van der Waals surface area contributed by atoms with E-state index in [1.54, 1.807) is 7.11 Å². The van der Waals surface area contributed by atoms with E-state index in [1.807, 2.05) is 6.92 Å². The molecule has 23 heavy (non-hydrogen) atoms. The minimum absolute atomic E-state index is 0.161. The predicted molar refractivity (Wildman–Crippen MR) is 85.3 cm³/mol. The Hall–Kier alpha value is -1.08. The zero-order valence-electron chi connectivity index (χ0n) is 13.8. The number of likely N-dealkylation sites (tertiary alicyclic amines) is 1. The predicted octanol–water partition coefficient (Wildman–Crippen LogP) is 2.09. The number of hydrogen-bond donors (Lipinski definition) is 2. The molecule has 1 saturated heterocycles. The van der Waals surface area contributed by atoms with Crippen LogP contribution in [0.3, 0.4) is 0 Å². The summed E-state index contributed by atoms with van der Waals surface area (Å²) in [7, 11) is 1.58. The van der Waals surface area contributed by atoms with Crippen molar-refractivity contribution in [2.75, 3.05) is 33.4 Å². The Bertz CT molecular complexity index is 493. The molecule has 1 fully saturated rings. The molecule has 2 atom stereocenters. The Morgan fingerprint density at radius 1 is 1.35 bits per heavy atom. The third-order valence-electron chi connectivity index (χ3n) is 4.33. The lowest BCUT2D eigenvalue weighted by molar-refractivity contribution is 0.0307. The minimum atomic E-state index is -0.554. The molecule has 1 aromatic carbocycles. The molecule has 1 aromatic rings. The topological polar surface area (TPSA) is 44.7 Å². The van der Waals surface area contributed by atoms with E-state index in [9.17, 15) is 13.9 Å². The van der Waals surface area contributed by atoms with Crippen molar-refractivity contribution in [2.45, 2.75) is 38.0 Å². The molecular formula is C17H26F2N2O2. The van der Waals surface area contributed by atoms with Gasteiger partial charge in [-0.05, 0) is 38.9 Å². The van der Waals surface area contributed by atoms with E-state index in [1.165, 1.54) is 12.1 Å². The first kappa shape index (κ1) is 18.3. The number of piperidine rings is 1. The first-order valence-corrected chi connectivity index (χ1v) is 8.10. The van der Waals surface area contributed by atoms with E-state index in [-0.39, 0.29) is 6.04 Å². The van der Waals surface area contributed by atoms with Gasteiger partial charge in [-0.25, -0.2) is 8.78 Å². The number of β-amino-alcohol motifs (C(OH)–C–C–N with tert-alkyl or cyclic N) is 1. The Morgan fingerprint density at radius 2 is 2.04 bits per heavy atom. The number of rotatable bonds is 7. The molecule has 0 aromatic heterocycles. The van der Waals surface area contributed by atoms with E-state index in [0.717, 1.165) is 32.0 Å². The molecule has 1 aliphatic heterocycles. The second-order valence-corrected chi connectivity index (χ2v) is 6.24. The first-order valence-electron chi connectivity index (χ1n) is 8.10. The summed E-state index contributed by atoms with van der Waals surface area (Å²) in [5.74, 6) is -1.06. The van der Waals surface area contributed by atoms with Crippen LogP contribution in [0.1, 0.15) is 31.4 Å². The van der Waals surface area contributed by atoms with Crippen LogP contribution >= 0.6 is 0 Å². The average Bonchev–Trinajstić information content (AvgIpc) is 2.49. The molecule has 4 nitrogen and oxygen atoms in total. The molecule has 0 amide bonds. The number of nitrogens with one attached hydrogen (secondary N) is 1. The molecule has 0 aliphatic carbocycles. The number of ether oxygens (including phenoxy) is 1. The van der Waals surface area contributed by atoms with E-state index in [2.05, 4.69) is 10.2 Å². The summed E-state index contributed by atoms with van der Waals surface area (Å²) in [6.07, 6.45) is 1.41. The molecule has 6 heteroatoms. The van der Waals surface area contributed by atoms with Crippen LogP contribution in [0, 0.1) is 11.6 Å². The highest BCUT2D eigenvalue weighted by molar-refractivity contribution is 5.21. The Labute approximate surface area is 136 Å². The van der Waals surface area contributed by atoms with Crippen molar-refractivity contribution in [2.24, 2.45) is 0 Å². The summed E-state index contributed by atoms with van der Waals surface area (Å²) in [5, 5.41) is 13.2. The molecule has 0 bridgehead atoms. The van der Waals surface area contributed by atoms with E-state index in [0.29, 0.717) is 24.8 Å². The maximum Gasteiger partial charge on any atom is 0.130 e. The van der Waals surface area contributed by atoms with Gasteiger partial charge in [0.05, 0.1) is 12.7 Å². The highest BCUT2D eigenvalue weighted by Crippen LogP contribution is 2.20.